The Hall–Kier alpha value is -1.81. The van der Waals surface area contributed by atoms with E-state index in [0.29, 0.717) is 0 Å². The third kappa shape index (κ3) is 3.02. The van der Waals surface area contributed by atoms with Crippen LogP contribution in [0.5, 0.6) is 5.75 Å². The van der Waals surface area contributed by atoms with Gasteiger partial charge in [0.25, 0.3) is 0 Å². The summed E-state index contributed by atoms with van der Waals surface area (Å²) in [5.41, 5.74) is 3.77. The first kappa shape index (κ1) is 13.2. The van der Waals surface area contributed by atoms with Crippen LogP contribution in [0.4, 0.5) is 0 Å². The van der Waals surface area contributed by atoms with Gasteiger partial charge in [0, 0.05) is 39.2 Å². The average molecular weight is 271 g/mol. The van der Waals surface area contributed by atoms with Crippen LogP contribution in [-0.4, -0.2) is 29.0 Å². The number of ether oxygens (including phenoxy) is 1. The van der Waals surface area contributed by atoms with Crippen LogP contribution >= 0.6 is 0 Å². The number of fused-ring (bicyclic) bond motifs is 1. The average Bonchev–Trinajstić information content (AvgIpc) is 3.00. The van der Waals surface area contributed by atoms with E-state index in [0.717, 1.165) is 37.4 Å². The summed E-state index contributed by atoms with van der Waals surface area (Å²) in [6.07, 6.45) is 4.21. The molecule has 1 N–H and O–H groups in total. The van der Waals surface area contributed by atoms with Gasteiger partial charge in [-0.25, -0.2) is 0 Å². The summed E-state index contributed by atoms with van der Waals surface area (Å²) >= 11 is 0. The summed E-state index contributed by atoms with van der Waals surface area (Å²) in [5, 5.41) is 7.83. The quantitative estimate of drug-likeness (QED) is 0.844. The van der Waals surface area contributed by atoms with E-state index in [1.54, 1.807) is 0 Å². The molecule has 1 aromatic carbocycles. The van der Waals surface area contributed by atoms with E-state index in [4.69, 9.17) is 4.74 Å². The lowest BCUT2D eigenvalue weighted by Gasteiger charge is -2.11. The second kappa shape index (κ2) is 5.67. The summed E-state index contributed by atoms with van der Waals surface area (Å²) in [6, 6.07) is 8.48. The highest BCUT2D eigenvalue weighted by Crippen LogP contribution is 2.29. The second-order valence-corrected chi connectivity index (χ2v) is 5.49. The van der Waals surface area contributed by atoms with Crippen LogP contribution in [-0.2, 0) is 19.9 Å². The Bertz CT molecular complexity index is 591. The first-order chi connectivity index (χ1) is 9.70. The molecule has 1 unspecified atom stereocenters. The predicted octanol–water partition coefficient (Wildman–Crippen LogP) is 1.86. The van der Waals surface area contributed by atoms with Crippen molar-refractivity contribution in [2.75, 3.05) is 13.1 Å². The molecule has 0 spiro atoms. The third-order valence-electron chi connectivity index (χ3n) is 3.66. The van der Waals surface area contributed by atoms with Gasteiger partial charge >= 0.3 is 0 Å². The Morgan fingerprint density at radius 3 is 3.10 bits per heavy atom. The van der Waals surface area contributed by atoms with Crippen molar-refractivity contribution < 1.29 is 4.74 Å². The predicted molar refractivity (Wildman–Crippen MR) is 79.1 cm³/mol. The number of hydrogen-bond acceptors (Lipinski definition) is 3. The highest BCUT2D eigenvalue weighted by atomic mass is 16.5. The van der Waals surface area contributed by atoms with Gasteiger partial charge < -0.3 is 10.1 Å². The van der Waals surface area contributed by atoms with Crippen LogP contribution in [0.25, 0.3) is 0 Å². The van der Waals surface area contributed by atoms with E-state index >= 15 is 0 Å². The van der Waals surface area contributed by atoms with Gasteiger partial charge in [-0.1, -0.05) is 17.7 Å². The number of rotatable bonds is 5. The number of aryl methyl sites for hydroxylation is 2. The monoisotopic (exact) mass is 271 g/mol. The van der Waals surface area contributed by atoms with Crippen LogP contribution in [0.3, 0.4) is 0 Å². The summed E-state index contributed by atoms with van der Waals surface area (Å²) in [5.74, 6) is 1.05. The van der Waals surface area contributed by atoms with Crippen molar-refractivity contribution in [3.05, 3.63) is 47.3 Å². The molecule has 1 aliphatic rings. The maximum absolute atomic E-state index is 5.94. The lowest BCUT2D eigenvalue weighted by Crippen LogP contribution is -2.31. The lowest BCUT2D eigenvalue weighted by molar-refractivity contribution is 0.228. The van der Waals surface area contributed by atoms with E-state index in [1.807, 2.05) is 17.9 Å². The van der Waals surface area contributed by atoms with Crippen LogP contribution in [0.1, 0.15) is 16.8 Å². The molecule has 20 heavy (non-hydrogen) atoms. The van der Waals surface area contributed by atoms with Gasteiger partial charge in [0.2, 0.25) is 0 Å². The Morgan fingerprint density at radius 2 is 2.30 bits per heavy atom. The van der Waals surface area contributed by atoms with E-state index in [1.165, 1.54) is 11.1 Å². The maximum atomic E-state index is 5.94. The van der Waals surface area contributed by atoms with Gasteiger partial charge in [0.1, 0.15) is 11.9 Å². The highest BCUT2D eigenvalue weighted by molar-refractivity contribution is 5.40. The molecule has 0 aliphatic carbocycles. The first-order valence-electron chi connectivity index (χ1n) is 7.16. The molecule has 0 saturated carbocycles. The molecule has 1 aliphatic heterocycles. The molecular weight excluding hydrogens is 250 g/mol. The molecule has 0 radical (unpaired) electrons. The van der Waals surface area contributed by atoms with E-state index in [9.17, 15) is 0 Å². The molecule has 1 aromatic heterocycles. The minimum absolute atomic E-state index is 0.260. The molecule has 1 atom stereocenters. The maximum Gasteiger partial charge on any atom is 0.123 e. The first-order valence-corrected chi connectivity index (χ1v) is 7.16. The number of aromatic nitrogens is 2. The number of benzene rings is 1. The molecule has 0 saturated heterocycles. The zero-order valence-corrected chi connectivity index (χ0v) is 12.1. The summed E-state index contributed by atoms with van der Waals surface area (Å²) < 4.78 is 7.78. The molecule has 106 valence electrons. The van der Waals surface area contributed by atoms with Crippen molar-refractivity contribution in [1.82, 2.24) is 15.1 Å². The Balaban J connectivity index is 1.42. The lowest BCUT2D eigenvalue weighted by atomic mass is 10.1. The number of nitrogens with zero attached hydrogens (tertiary/aromatic N) is 2. The van der Waals surface area contributed by atoms with Crippen molar-refractivity contribution in [3.8, 4) is 5.75 Å². The Labute approximate surface area is 119 Å². The fourth-order valence-electron chi connectivity index (χ4n) is 2.64. The molecule has 0 bridgehead atoms. The Kier molecular flexibility index (Phi) is 3.74. The van der Waals surface area contributed by atoms with Crippen molar-refractivity contribution in [2.45, 2.75) is 25.9 Å². The number of nitrogens with one attached hydrogen (secondary N) is 1. The zero-order chi connectivity index (χ0) is 13.9. The largest absolute Gasteiger partial charge is 0.488 e. The molecular formula is C16H21N3O. The number of hydrogen-bond donors (Lipinski definition) is 1. The molecule has 0 amide bonds. The van der Waals surface area contributed by atoms with Crippen molar-refractivity contribution in [1.29, 1.82) is 0 Å². The third-order valence-corrected chi connectivity index (χ3v) is 3.66. The minimum Gasteiger partial charge on any atom is -0.488 e. The molecule has 4 nitrogen and oxygen atoms in total. The van der Waals surface area contributed by atoms with Crippen LogP contribution < -0.4 is 10.1 Å². The molecule has 3 rings (SSSR count). The highest BCUT2D eigenvalue weighted by Gasteiger charge is 2.22. The second-order valence-electron chi connectivity index (χ2n) is 5.49. The minimum atomic E-state index is 0.260. The van der Waals surface area contributed by atoms with Gasteiger partial charge in [0.15, 0.2) is 0 Å². The zero-order valence-electron chi connectivity index (χ0n) is 12.1. The Morgan fingerprint density at radius 1 is 1.40 bits per heavy atom. The van der Waals surface area contributed by atoms with E-state index in [2.05, 4.69) is 41.6 Å². The topological polar surface area (TPSA) is 39.1 Å². The van der Waals surface area contributed by atoms with Gasteiger partial charge in [0.05, 0.1) is 5.69 Å². The van der Waals surface area contributed by atoms with Crippen molar-refractivity contribution >= 4 is 0 Å². The molecule has 2 aromatic rings. The molecule has 4 heteroatoms. The standard InChI is InChI=1S/C16H21N3O/c1-12-3-4-16-13(9-12)10-15(20-16)11-17-7-5-14-6-8-19(2)18-14/h3-4,6,8-9,15,17H,5,7,10-11H2,1-2H3. The van der Waals surface area contributed by atoms with E-state index in [-0.39, 0.29) is 6.10 Å². The fraction of sp³-hybridized carbons (Fsp3) is 0.438. The van der Waals surface area contributed by atoms with Crippen molar-refractivity contribution in [2.24, 2.45) is 7.05 Å². The van der Waals surface area contributed by atoms with Gasteiger partial charge in [-0.2, -0.15) is 5.10 Å². The smallest absolute Gasteiger partial charge is 0.123 e. The molecule has 0 fully saturated rings. The summed E-state index contributed by atoms with van der Waals surface area (Å²) in [4.78, 5) is 0. The molecule has 2 heterocycles. The summed E-state index contributed by atoms with van der Waals surface area (Å²) in [6.45, 7) is 3.95. The van der Waals surface area contributed by atoms with E-state index < -0.39 is 0 Å². The van der Waals surface area contributed by atoms with Gasteiger partial charge in [-0.15, -0.1) is 0 Å². The van der Waals surface area contributed by atoms with Gasteiger partial charge in [-0.3, -0.25) is 4.68 Å². The van der Waals surface area contributed by atoms with Gasteiger partial charge in [-0.05, 0) is 24.6 Å². The van der Waals surface area contributed by atoms with Crippen molar-refractivity contribution in [3.63, 3.8) is 0 Å². The van der Waals surface area contributed by atoms with Crippen LogP contribution in [0, 0.1) is 6.92 Å². The SMILES string of the molecule is Cc1ccc2c(c1)CC(CNCCc1ccn(C)n1)O2. The van der Waals surface area contributed by atoms with Crippen LogP contribution in [0.15, 0.2) is 30.5 Å². The normalized spacial score (nSPS) is 17.0. The summed E-state index contributed by atoms with van der Waals surface area (Å²) in [7, 11) is 1.95. The van der Waals surface area contributed by atoms with Crippen LogP contribution in [0.2, 0.25) is 0 Å². The fourth-order valence-corrected chi connectivity index (χ4v) is 2.64.